The van der Waals surface area contributed by atoms with Gasteiger partial charge in [-0.25, -0.2) is 4.39 Å². The predicted molar refractivity (Wildman–Crippen MR) is 61.5 cm³/mol. The molecule has 1 unspecified atom stereocenters. The average molecular weight is 224 g/mol. The zero-order valence-corrected chi connectivity index (χ0v) is 9.83. The molecule has 1 aromatic rings. The first-order valence-electron chi connectivity index (χ1n) is 5.19. The quantitative estimate of drug-likeness (QED) is 0.842. The van der Waals surface area contributed by atoms with Crippen molar-refractivity contribution in [2.24, 2.45) is 0 Å². The minimum Gasteiger partial charge on any atom is -0.348 e. The van der Waals surface area contributed by atoms with E-state index >= 15 is 0 Å². The Balaban J connectivity index is 2.53. The molecule has 0 spiro atoms. The highest BCUT2D eigenvalue weighted by Gasteiger charge is 2.09. The van der Waals surface area contributed by atoms with Crippen LogP contribution in [-0.2, 0) is 4.79 Å². The molecule has 0 heterocycles. The second-order valence-corrected chi connectivity index (χ2v) is 3.95. The molecule has 1 atom stereocenters. The zero-order valence-electron chi connectivity index (χ0n) is 9.83. The molecule has 1 aromatic carbocycles. The van der Waals surface area contributed by atoms with Crippen molar-refractivity contribution < 1.29 is 9.18 Å². The summed E-state index contributed by atoms with van der Waals surface area (Å²) in [6.07, 6.45) is 0. The summed E-state index contributed by atoms with van der Waals surface area (Å²) in [7, 11) is 3.41. The van der Waals surface area contributed by atoms with Crippen molar-refractivity contribution in [1.82, 2.24) is 10.2 Å². The van der Waals surface area contributed by atoms with Crippen LogP contribution >= 0.6 is 0 Å². The van der Waals surface area contributed by atoms with Gasteiger partial charge < -0.3 is 10.2 Å². The fourth-order valence-electron chi connectivity index (χ4n) is 1.29. The molecule has 4 heteroatoms. The van der Waals surface area contributed by atoms with Gasteiger partial charge in [-0.05, 0) is 24.6 Å². The van der Waals surface area contributed by atoms with Crippen molar-refractivity contribution in [2.45, 2.75) is 13.0 Å². The third-order valence-electron chi connectivity index (χ3n) is 2.41. The molecule has 0 aliphatic heterocycles. The average Bonchev–Trinajstić information content (AvgIpc) is 2.25. The van der Waals surface area contributed by atoms with Crippen molar-refractivity contribution in [3.8, 4) is 0 Å². The highest BCUT2D eigenvalue weighted by atomic mass is 19.1. The SMILES string of the molecule is CC(NCC(=O)N(C)C)c1cccc(F)c1. The summed E-state index contributed by atoms with van der Waals surface area (Å²) in [6.45, 7) is 2.16. The molecule has 0 fully saturated rings. The Hall–Kier alpha value is -1.42. The lowest BCUT2D eigenvalue weighted by atomic mass is 10.1. The second-order valence-electron chi connectivity index (χ2n) is 3.95. The maximum atomic E-state index is 13.0. The van der Waals surface area contributed by atoms with Gasteiger partial charge in [0.25, 0.3) is 0 Å². The summed E-state index contributed by atoms with van der Waals surface area (Å²) >= 11 is 0. The molecular formula is C12H17FN2O. The van der Waals surface area contributed by atoms with Crippen molar-refractivity contribution in [1.29, 1.82) is 0 Å². The molecular weight excluding hydrogens is 207 g/mol. The fourth-order valence-corrected chi connectivity index (χ4v) is 1.29. The van der Waals surface area contributed by atoms with Gasteiger partial charge in [0.15, 0.2) is 0 Å². The molecule has 1 N–H and O–H groups in total. The van der Waals surface area contributed by atoms with Crippen molar-refractivity contribution in [3.05, 3.63) is 35.6 Å². The summed E-state index contributed by atoms with van der Waals surface area (Å²) in [4.78, 5) is 12.9. The molecule has 0 radical (unpaired) electrons. The van der Waals surface area contributed by atoms with Crippen LogP contribution in [0.5, 0.6) is 0 Å². The number of halogens is 1. The summed E-state index contributed by atoms with van der Waals surface area (Å²) < 4.78 is 13.0. The van der Waals surface area contributed by atoms with Crippen LogP contribution < -0.4 is 5.32 Å². The maximum Gasteiger partial charge on any atom is 0.236 e. The van der Waals surface area contributed by atoms with E-state index in [1.807, 2.05) is 13.0 Å². The second kappa shape index (κ2) is 5.61. The first-order valence-corrected chi connectivity index (χ1v) is 5.19. The lowest BCUT2D eigenvalue weighted by Crippen LogP contribution is -2.34. The highest BCUT2D eigenvalue weighted by molar-refractivity contribution is 5.77. The summed E-state index contributed by atoms with van der Waals surface area (Å²) in [5, 5.41) is 3.05. The number of amides is 1. The van der Waals surface area contributed by atoms with E-state index in [2.05, 4.69) is 5.32 Å². The van der Waals surface area contributed by atoms with Gasteiger partial charge in [0, 0.05) is 20.1 Å². The van der Waals surface area contributed by atoms with E-state index in [1.54, 1.807) is 20.2 Å². The van der Waals surface area contributed by atoms with E-state index in [9.17, 15) is 9.18 Å². The minimum absolute atomic E-state index is 0.00301. The molecule has 88 valence electrons. The van der Waals surface area contributed by atoms with E-state index in [0.29, 0.717) is 0 Å². The van der Waals surface area contributed by atoms with Crippen LogP contribution in [0.25, 0.3) is 0 Å². The van der Waals surface area contributed by atoms with Crippen LogP contribution in [0.1, 0.15) is 18.5 Å². The standard InChI is InChI=1S/C12H17FN2O/c1-9(14-8-12(16)15(2)3)10-5-4-6-11(13)7-10/h4-7,9,14H,8H2,1-3H3. The van der Waals surface area contributed by atoms with Crippen LogP contribution in [0, 0.1) is 5.82 Å². The number of rotatable bonds is 4. The zero-order chi connectivity index (χ0) is 12.1. The molecule has 0 bridgehead atoms. The number of hydrogen-bond acceptors (Lipinski definition) is 2. The van der Waals surface area contributed by atoms with E-state index in [0.717, 1.165) is 5.56 Å². The van der Waals surface area contributed by atoms with Crippen LogP contribution in [0.15, 0.2) is 24.3 Å². The van der Waals surface area contributed by atoms with Gasteiger partial charge in [-0.2, -0.15) is 0 Å². The van der Waals surface area contributed by atoms with Crippen LogP contribution in [0.2, 0.25) is 0 Å². The molecule has 0 aliphatic rings. The fraction of sp³-hybridized carbons (Fsp3) is 0.417. The van der Waals surface area contributed by atoms with E-state index in [-0.39, 0.29) is 24.3 Å². The number of hydrogen-bond donors (Lipinski definition) is 1. The monoisotopic (exact) mass is 224 g/mol. The first kappa shape index (κ1) is 12.6. The normalized spacial score (nSPS) is 12.2. The Morgan fingerprint density at radius 3 is 2.75 bits per heavy atom. The molecule has 0 aromatic heterocycles. The molecule has 16 heavy (non-hydrogen) atoms. The molecule has 3 nitrogen and oxygen atoms in total. The van der Waals surface area contributed by atoms with Crippen LogP contribution in [0.3, 0.4) is 0 Å². The third kappa shape index (κ3) is 3.62. The Morgan fingerprint density at radius 2 is 2.19 bits per heavy atom. The van der Waals surface area contributed by atoms with Crippen molar-refractivity contribution in [2.75, 3.05) is 20.6 Å². The number of benzene rings is 1. The summed E-state index contributed by atoms with van der Waals surface area (Å²) in [5.74, 6) is -0.256. The lowest BCUT2D eigenvalue weighted by molar-refractivity contribution is -0.127. The van der Waals surface area contributed by atoms with Gasteiger partial charge in [-0.1, -0.05) is 12.1 Å². The first-order chi connectivity index (χ1) is 7.50. The number of nitrogens with one attached hydrogen (secondary N) is 1. The number of carbonyl (C=O) groups is 1. The molecule has 1 amide bonds. The van der Waals surface area contributed by atoms with E-state index < -0.39 is 0 Å². The number of nitrogens with zero attached hydrogens (tertiary/aromatic N) is 1. The molecule has 0 saturated heterocycles. The van der Waals surface area contributed by atoms with Crippen molar-refractivity contribution in [3.63, 3.8) is 0 Å². The van der Waals surface area contributed by atoms with Gasteiger partial charge in [0.1, 0.15) is 5.82 Å². The van der Waals surface area contributed by atoms with Gasteiger partial charge in [0.2, 0.25) is 5.91 Å². The Kier molecular flexibility index (Phi) is 4.43. The topological polar surface area (TPSA) is 32.3 Å². The van der Waals surface area contributed by atoms with E-state index in [1.165, 1.54) is 17.0 Å². The number of carbonyl (C=O) groups excluding carboxylic acids is 1. The Bertz CT molecular complexity index is 366. The molecule has 0 aliphatic carbocycles. The third-order valence-corrected chi connectivity index (χ3v) is 2.41. The lowest BCUT2D eigenvalue weighted by Gasteiger charge is -2.16. The van der Waals surface area contributed by atoms with E-state index in [4.69, 9.17) is 0 Å². The van der Waals surface area contributed by atoms with Crippen molar-refractivity contribution >= 4 is 5.91 Å². The van der Waals surface area contributed by atoms with Crippen LogP contribution in [0.4, 0.5) is 4.39 Å². The maximum absolute atomic E-state index is 13.0. The molecule has 1 rings (SSSR count). The Morgan fingerprint density at radius 1 is 1.50 bits per heavy atom. The van der Waals surface area contributed by atoms with Gasteiger partial charge in [0.05, 0.1) is 6.54 Å². The molecule has 0 saturated carbocycles. The predicted octanol–water partition coefficient (Wildman–Crippen LogP) is 1.56. The largest absolute Gasteiger partial charge is 0.348 e. The van der Waals surface area contributed by atoms with Gasteiger partial charge in [-0.3, -0.25) is 4.79 Å². The van der Waals surface area contributed by atoms with Crippen LogP contribution in [-0.4, -0.2) is 31.4 Å². The minimum atomic E-state index is -0.259. The Labute approximate surface area is 95.3 Å². The smallest absolute Gasteiger partial charge is 0.236 e. The highest BCUT2D eigenvalue weighted by Crippen LogP contribution is 2.12. The summed E-state index contributed by atoms with van der Waals surface area (Å²) in [6, 6.07) is 6.33. The number of likely N-dealkylation sites (N-methyl/N-ethyl adjacent to an activating group) is 1. The summed E-state index contributed by atoms with van der Waals surface area (Å²) in [5.41, 5.74) is 0.839. The van der Waals surface area contributed by atoms with Gasteiger partial charge in [-0.15, -0.1) is 0 Å². The van der Waals surface area contributed by atoms with Gasteiger partial charge >= 0.3 is 0 Å².